The number of nitrogens with zero attached hydrogens (tertiary/aromatic N) is 2. The molecule has 0 saturated heterocycles. The van der Waals surface area contributed by atoms with Crippen molar-refractivity contribution in [2.75, 3.05) is 0 Å². The number of hydrogen-bond acceptors (Lipinski definition) is 4. The van der Waals surface area contributed by atoms with Crippen molar-refractivity contribution >= 4 is 5.97 Å². The molecule has 0 fully saturated rings. The Bertz CT molecular complexity index is 585. The van der Waals surface area contributed by atoms with Gasteiger partial charge in [0, 0.05) is 0 Å². The maximum absolute atomic E-state index is 12.7. The minimum atomic E-state index is -4.69. The van der Waals surface area contributed by atoms with Gasteiger partial charge in [0.1, 0.15) is 5.75 Å². The van der Waals surface area contributed by atoms with Crippen molar-refractivity contribution in [3.63, 3.8) is 0 Å². The van der Waals surface area contributed by atoms with Crippen molar-refractivity contribution < 1.29 is 22.7 Å². The molecule has 1 heterocycles. The summed E-state index contributed by atoms with van der Waals surface area (Å²) in [5.41, 5.74) is -2.04. The summed E-state index contributed by atoms with van der Waals surface area (Å²) in [5, 5.41) is 6.47. The molecule has 98 valence electrons. The maximum Gasteiger partial charge on any atom is 0.418 e. The molecule has 0 radical (unpaired) electrons. The van der Waals surface area contributed by atoms with E-state index in [-0.39, 0.29) is 5.75 Å². The first-order valence-electron chi connectivity index (χ1n) is 5.14. The van der Waals surface area contributed by atoms with E-state index in [2.05, 4.69) is 10.2 Å². The average Bonchev–Trinajstić information content (AvgIpc) is 2.39. The van der Waals surface area contributed by atoms with Gasteiger partial charge in [0.2, 0.25) is 0 Å². The second kappa shape index (κ2) is 5.05. The van der Waals surface area contributed by atoms with E-state index in [0.29, 0.717) is 6.07 Å². The summed E-state index contributed by atoms with van der Waals surface area (Å²) in [6.07, 6.45) is -3.83. The van der Waals surface area contributed by atoms with E-state index in [1.54, 1.807) is 18.2 Å². The third-order valence-corrected chi connectivity index (χ3v) is 2.17. The number of para-hydroxylation sites is 1. The molecule has 2 aromatic rings. The van der Waals surface area contributed by atoms with Gasteiger partial charge in [-0.1, -0.05) is 18.2 Å². The molecule has 1 aromatic carbocycles. The van der Waals surface area contributed by atoms with E-state index >= 15 is 0 Å². The Hall–Kier alpha value is -2.44. The molecule has 4 nitrogen and oxygen atoms in total. The minimum Gasteiger partial charge on any atom is -0.422 e. The van der Waals surface area contributed by atoms with E-state index in [4.69, 9.17) is 4.74 Å². The monoisotopic (exact) mass is 268 g/mol. The molecule has 0 amide bonds. The maximum atomic E-state index is 12.7. The van der Waals surface area contributed by atoms with Gasteiger partial charge in [0.05, 0.1) is 11.8 Å². The Balaban J connectivity index is 2.30. The van der Waals surface area contributed by atoms with Gasteiger partial charge < -0.3 is 4.74 Å². The lowest BCUT2D eigenvalue weighted by molar-refractivity contribution is -0.138. The van der Waals surface area contributed by atoms with E-state index in [0.717, 1.165) is 6.20 Å². The highest BCUT2D eigenvalue weighted by atomic mass is 19.4. The van der Waals surface area contributed by atoms with Gasteiger partial charge in [-0.25, -0.2) is 4.79 Å². The summed E-state index contributed by atoms with van der Waals surface area (Å²) >= 11 is 0. The lowest BCUT2D eigenvalue weighted by Crippen LogP contribution is -2.19. The molecular weight excluding hydrogens is 261 g/mol. The number of ether oxygens (including phenoxy) is 1. The van der Waals surface area contributed by atoms with Crippen LogP contribution >= 0.6 is 0 Å². The highest BCUT2D eigenvalue weighted by Crippen LogP contribution is 2.31. The number of esters is 1. The third kappa shape index (κ3) is 3.06. The van der Waals surface area contributed by atoms with Crippen molar-refractivity contribution in [3.05, 3.63) is 53.9 Å². The van der Waals surface area contributed by atoms with Gasteiger partial charge in [-0.15, -0.1) is 5.10 Å². The number of alkyl halides is 3. The summed E-state index contributed by atoms with van der Waals surface area (Å²) in [6.45, 7) is 0. The number of hydrogen-bond donors (Lipinski definition) is 0. The van der Waals surface area contributed by atoms with Crippen LogP contribution in [0.25, 0.3) is 0 Å². The largest absolute Gasteiger partial charge is 0.422 e. The number of halogens is 3. The Morgan fingerprint density at radius 2 is 1.79 bits per heavy atom. The van der Waals surface area contributed by atoms with E-state index in [1.807, 2.05) is 0 Å². The predicted molar refractivity (Wildman–Crippen MR) is 58.4 cm³/mol. The lowest BCUT2D eigenvalue weighted by Gasteiger charge is -2.10. The van der Waals surface area contributed by atoms with Crippen LogP contribution in [-0.4, -0.2) is 16.2 Å². The standard InChI is InChI=1S/C12H7F3N2O2/c13-12(14,15)9-6-7-16-17-10(9)11(18)19-8-4-2-1-3-5-8/h1-7H. The van der Waals surface area contributed by atoms with Crippen LogP contribution in [0.5, 0.6) is 5.75 Å². The third-order valence-electron chi connectivity index (χ3n) is 2.17. The molecule has 0 bridgehead atoms. The summed E-state index contributed by atoms with van der Waals surface area (Å²) in [5.74, 6) is -1.07. The number of benzene rings is 1. The smallest absolute Gasteiger partial charge is 0.418 e. The van der Waals surface area contributed by atoms with Gasteiger partial charge in [-0.3, -0.25) is 0 Å². The second-order valence-electron chi connectivity index (χ2n) is 3.49. The van der Waals surface area contributed by atoms with Crippen LogP contribution in [0.4, 0.5) is 13.2 Å². The van der Waals surface area contributed by atoms with E-state index in [1.165, 1.54) is 12.1 Å². The molecule has 0 unspecified atom stereocenters. The summed E-state index contributed by atoms with van der Waals surface area (Å²) < 4.78 is 42.8. The highest BCUT2D eigenvalue weighted by molar-refractivity contribution is 5.90. The van der Waals surface area contributed by atoms with E-state index in [9.17, 15) is 18.0 Å². The zero-order chi connectivity index (χ0) is 13.9. The molecule has 0 atom stereocenters. The van der Waals surface area contributed by atoms with Crippen LogP contribution in [0, 0.1) is 0 Å². The van der Waals surface area contributed by atoms with Crippen LogP contribution < -0.4 is 4.74 Å². The van der Waals surface area contributed by atoms with Crippen LogP contribution in [0.2, 0.25) is 0 Å². The van der Waals surface area contributed by atoms with E-state index < -0.39 is 23.4 Å². The summed E-state index contributed by atoms with van der Waals surface area (Å²) in [4.78, 5) is 11.7. The molecule has 1 aromatic heterocycles. The topological polar surface area (TPSA) is 52.1 Å². The Labute approximate surface area is 105 Å². The normalized spacial score (nSPS) is 11.1. The van der Waals surface area contributed by atoms with Crippen molar-refractivity contribution in [1.82, 2.24) is 10.2 Å². The van der Waals surface area contributed by atoms with Crippen LogP contribution in [0.3, 0.4) is 0 Å². The fourth-order valence-electron chi connectivity index (χ4n) is 1.36. The van der Waals surface area contributed by atoms with Crippen molar-refractivity contribution in [1.29, 1.82) is 0 Å². The molecule has 0 spiro atoms. The molecule has 0 aliphatic rings. The first kappa shape index (κ1) is 13.0. The first-order chi connectivity index (χ1) is 8.98. The van der Waals surface area contributed by atoms with Crippen molar-refractivity contribution in [3.8, 4) is 5.75 Å². The zero-order valence-corrected chi connectivity index (χ0v) is 9.39. The quantitative estimate of drug-likeness (QED) is 0.620. The molecule has 0 saturated carbocycles. The molecule has 7 heteroatoms. The van der Waals surface area contributed by atoms with Gasteiger partial charge in [0.15, 0.2) is 5.69 Å². The number of carbonyl (C=O) groups is 1. The first-order valence-corrected chi connectivity index (χ1v) is 5.14. The second-order valence-corrected chi connectivity index (χ2v) is 3.49. The van der Waals surface area contributed by atoms with Crippen LogP contribution in [0.1, 0.15) is 16.1 Å². The number of rotatable bonds is 2. The Morgan fingerprint density at radius 1 is 1.11 bits per heavy atom. The number of aromatic nitrogens is 2. The molecule has 19 heavy (non-hydrogen) atoms. The van der Waals surface area contributed by atoms with Gasteiger partial charge in [-0.05, 0) is 18.2 Å². The van der Waals surface area contributed by atoms with Gasteiger partial charge >= 0.3 is 12.1 Å². The molecule has 0 aliphatic heterocycles. The zero-order valence-electron chi connectivity index (χ0n) is 9.39. The van der Waals surface area contributed by atoms with Crippen molar-refractivity contribution in [2.24, 2.45) is 0 Å². The van der Waals surface area contributed by atoms with Gasteiger partial charge in [0.25, 0.3) is 0 Å². The molecule has 0 N–H and O–H groups in total. The fraction of sp³-hybridized carbons (Fsp3) is 0.0833. The Kier molecular flexibility index (Phi) is 3.46. The van der Waals surface area contributed by atoms with Crippen LogP contribution in [-0.2, 0) is 6.18 Å². The fourth-order valence-corrected chi connectivity index (χ4v) is 1.36. The van der Waals surface area contributed by atoms with Crippen molar-refractivity contribution in [2.45, 2.75) is 6.18 Å². The van der Waals surface area contributed by atoms with Crippen LogP contribution in [0.15, 0.2) is 42.6 Å². The molecule has 2 rings (SSSR count). The molecular formula is C12H7F3N2O2. The summed E-state index contributed by atoms with van der Waals surface area (Å²) in [7, 11) is 0. The lowest BCUT2D eigenvalue weighted by atomic mass is 10.2. The molecule has 0 aliphatic carbocycles. The highest BCUT2D eigenvalue weighted by Gasteiger charge is 2.37. The average molecular weight is 268 g/mol. The Morgan fingerprint density at radius 3 is 2.42 bits per heavy atom. The summed E-state index contributed by atoms with van der Waals surface area (Å²) in [6, 6.07) is 8.42. The minimum absolute atomic E-state index is 0.131. The predicted octanol–water partition coefficient (Wildman–Crippen LogP) is 2.71. The SMILES string of the molecule is O=C(Oc1ccccc1)c1nnccc1C(F)(F)F. The number of carbonyl (C=O) groups excluding carboxylic acids is 1. The van der Waals surface area contributed by atoms with Gasteiger partial charge in [-0.2, -0.15) is 18.3 Å².